The van der Waals surface area contributed by atoms with Crippen LogP contribution >= 0.6 is 0 Å². The zero-order chi connectivity index (χ0) is 18.5. The topological polar surface area (TPSA) is 67.0 Å². The van der Waals surface area contributed by atoms with E-state index in [1.807, 2.05) is 19.1 Å². The fourth-order valence-corrected chi connectivity index (χ4v) is 3.37. The molecule has 1 aliphatic rings. The van der Waals surface area contributed by atoms with Crippen molar-refractivity contribution in [2.75, 3.05) is 38.0 Å². The summed E-state index contributed by atoms with van der Waals surface area (Å²) < 4.78 is 5.18. The minimum absolute atomic E-state index is 0.0230. The van der Waals surface area contributed by atoms with E-state index in [0.29, 0.717) is 25.4 Å². The van der Waals surface area contributed by atoms with Crippen LogP contribution in [0.4, 0.5) is 5.69 Å². The molecule has 138 valence electrons. The Labute approximate surface area is 153 Å². The van der Waals surface area contributed by atoms with E-state index in [9.17, 15) is 9.59 Å². The van der Waals surface area contributed by atoms with E-state index in [1.54, 1.807) is 17.0 Å². The lowest BCUT2D eigenvalue weighted by Crippen LogP contribution is -3.15. The molecule has 1 aromatic carbocycles. The van der Waals surface area contributed by atoms with Crippen LogP contribution in [0.1, 0.15) is 28.6 Å². The van der Waals surface area contributed by atoms with Crippen LogP contribution in [0.3, 0.4) is 0 Å². The fourth-order valence-electron chi connectivity index (χ4n) is 3.37. The van der Waals surface area contributed by atoms with Crippen LogP contribution in [0.25, 0.3) is 0 Å². The first kappa shape index (κ1) is 18.2. The van der Waals surface area contributed by atoms with Crippen LogP contribution in [0.2, 0.25) is 0 Å². The van der Waals surface area contributed by atoms with E-state index in [2.05, 4.69) is 18.3 Å². The van der Waals surface area contributed by atoms with E-state index in [1.165, 1.54) is 11.2 Å². The van der Waals surface area contributed by atoms with E-state index in [4.69, 9.17) is 4.42 Å². The number of amides is 2. The molecule has 1 aromatic heterocycles. The van der Waals surface area contributed by atoms with Crippen molar-refractivity contribution in [2.45, 2.75) is 20.3 Å². The molecule has 1 saturated heterocycles. The van der Waals surface area contributed by atoms with E-state index in [-0.39, 0.29) is 11.8 Å². The summed E-state index contributed by atoms with van der Waals surface area (Å²) in [4.78, 5) is 27.7. The van der Waals surface area contributed by atoms with Crippen molar-refractivity contribution in [2.24, 2.45) is 0 Å². The van der Waals surface area contributed by atoms with Gasteiger partial charge in [0.2, 0.25) is 0 Å². The van der Waals surface area contributed by atoms with Crippen molar-refractivity contribution in [1.82, 2.24) is 4.90 Å². The molecule has 1 fully saturated rings. The largest absolute Gasteiger partial charge is 0.459 e. The SMILES string of the molecule is CCc1cccc(C)c1NC(=O)C[NH+]1CCN(C(=O)c2ccco2)CC1. The summed E-state index contributed by atoms with van der Waals surface area (Å²) in [5.74, 6) is 0.318. The highest BCUT2D eigenvalue weighted by Gasteiger charge is 2.27. The number of hydrogen-bond acceptors (Lipinski definition) is 3. The predicted octanol–water partition coefficient (Wildman–Crippen LogP) is 1.13. The monoisotopic (exact) mass is 356 g/mol. The number of aryl methyl sites for hydroxylation is 2. The molecule has 3 rings (SSSR count). The Kier molecular flexibility index (Phi) is 5.73. The highest BCUT2D eigenvalue weighted by atomic mass is 16.3. The van der Waals surface area contributed by atoms with Crippen molar-refractivity contribution in [1.29, 1.82) is 0 Å². The lowest BCUT2D eigenvalue weighted by atomic mass is 10.1. The van der Waals surface area contributed by atoms with Crippen LogP contribution < -0.4 is 10.2 Å². The second kappa shape index (κ2) is 8.19. The summed E-state index contributed by atoms with van der Waals surface area (Å²) in [6.45, 7) is 7.30. The Morgan fingerprint density at radius 1 is 1.19 bits per heavy atom. The smallest absolute Gasteiger partial charge is 0.289 e. The number of rotatable bonds is 5. The van der Waals surface area contributed by atoms with Gasteiger partial charge in [0.05, 0.1) is 32.4 Å². The number of furan rings is 1. The Hall–Kier alpha value is -2.60. The van der Waals surface area contributed by atoms with E-state index >= 15 is 0 Å². The Balaban J connectivity index is 1.52. The quantitative estimate of drug-likeness (QED) is 0.844. The van der Waals surface area contributed by atoms with Gasteiger partial charge in [0.1, 0.15) is 0 Å². The molecule has 1 aliphatic heterocycles. The highest BCUT2D eigenvalue weighted by molar-refractivity contribution is 5.93. The third-order valence-electron chi connectivity index (χ3n) is 4.90. The minimum atomic E-state index is -0.0778. The van der Waals surface area contributed by atoms with Crippen molar-refractivity contribution >= 4 is 17.5 Å². The van der Waals surface area contributed by atoms with E-state index < -0.39 is 0 Å². The third-order valence-corrected chi connectivity index (χ3v) is 4.90. The normalized spacial score (nSPS) is 15.1. The van der Waals surface area contributed by atoms with Crippen LogP contribution in [-0.2, 0) is 11.2 Å². The van der Waals surface area contributed by atoms with Gasteiger partial charge in [-0.3, -0.25) is 9.59 Å². The van der Waals surface area contributed by atoms with Crippen molar-refractivity contribution in [3.8, 4) is 0 Å². The Morgan fingerprint density at radius 3 is 2.62 bits per heavy atom. The summed E-state index contributed by atoms with van der Waals surface area (Å²) in [5, 5.41) is 3.08. The number of carbonyl (C=O) groups is 2. The number of quaternary nitrogens is 1. The van der Waals surface area contributed by atoms with Crippen molar-refractivity contribution in [3.63, 3.8) is 0 Å². The van der Waals surface area contributed by atoms with Crippen LogP contribution in [0.15, 0.2) is 41.0 Å². The average molecular weight is 356 g/mol. The summed E-state index contributed by atoms with van der Waals surface area (Å²) in [5.41, 5.74) is 3.18. The zero-order valence-corrected chi connectivity index (χ0v) is 15.4. The first-order chi connectivity index (χ1) is 12.6. The number of nitrogens with zero attached hydrogens (tertiary/aromatic N) is 1. The van der Waals surface area contributed by atoms with Gasteiger partial charge < -0.3 is 19.5 Å². The number of para-hydroxylation sites is 1. The Morgan fingerprint density at radius 2 is 1.96 bits per heavy atom. The van der Waals surface area contributed by atoms with Gasteiger partial charge in [-0.1, -0.05) is 25.1 Å². The van der Waals surface area contributed by atoms with Gasteiger partial charge in [0.25, 0.3) is 11.8 Å². The summed E-state index contributed by atoms with van der Waals surface area (Å²) in [7, 11) is 0. The molecule has 6 nitrogen and oxygen atoms in total. The number of anilines is 1. The van der Waals surface area contributed by atoms with Gasteiger partial charge in [0.15, 0.2) is 12.3 Å². The van der Waals surface area contributed by atoms with Gasteiger partial charge in [-0.25, -0.2) is 0 Å². The molecule has 2 aromatic rings. The summed E-state index contributed by atoms with van der Waals surface area (Å²) in [6, 6.07) is 9.48. The lowest BCUT2D eigenvalue weighted by molar-refractivity contribution is -0.895. The number of piperazine rings is 1. The predicted molar refractivity (Wildman–Crippen MR) is 99.4 cm³/mol. The maximum Gasteiger partial charge on any atom is 0.289 e. The molecule has 0 atom stereocenters. The second-order valence-corrected chi connectivity index (χ2v) is 6.71. The van der Waals surface area contributed by atoms with Gasteiger partial charge in [-0.05, 0) is 36.6 Å². The molecule has 2 heterocycles. The van der Waals surface area contributed by atoms with Crippen LogP contribution in [-0.4, -0.2) is 49.4 Å². The molecular weight excluding hydrogens is 330 g/mol. The summed E-state index contributed by atoms with van der Waals surface area (Å²) in [6.07, 6.45) is 2.40. The molecule has 0 radical (unpaired) electrons. The first-order valence-corrected chi connectivity index (χ1v) is 9.13. The molecule has 2 N–H and O–H groups in total. The number of hydrogen-bond donors (Lipinski definition) is 2. The van der Waals surface area contributed by atoms with Crippen molar-refractivity contribution in [3.05, 3.63) is 53.5 Å². The zero-order valence-electron chi connectivity index (χ0n) is 15.4. The number of carbonyl (C=O) groups excluding carboxylic acids is 2. The lowest BCUT2D eigenvalue weighted by Gasteiger charge is -2.31. The van der Waals surface area contributed by atoms with Gasteiger partial charge >= 0.3 is 0 Å². The van der Waals surface area contributed by atoms with Gasteiger partial charge in [-0.15, -0.1) is 0 Å². The molecule has 0 bridgehead atoms. The van der Waals surface area contributed by atoms with Crippen molar-refractivity contribution < 1.29 is 18.9 Å². The molecule has 0 unspecified atom stereocenters. The maximum absolute atomic E-state index is 12.5. The van der Waals surface area contributed by atoms with Crippen LogP contribution in [0.5, 0.6) is 0 Å². The molecule has 26 heavy (non-hydrogen) atoms. The van der Waals surface area contributed by atoms with Crippen LogP contribution in [0, 0.1) is 6.92 Å². The third kappa shape index (κ3) is 4.14. The number of benzene rings is 1. The fraction of sp³-hybridized carbons (Fsp3) is 0.400. The van der Waals surface area contributed by atoms with E-state index in [0.717, 1.165) is 36.3 Å². The molecule has 0 aliphatic carbocycles. The number of nitrogens with one attached hydrogen (secondary N) is 2. The molecule has 0 saturated carbocycles. The Bertz CT molecular complexity index is 763. The second-order valence-electron chi connectivity index (χ2n) is 6.71. The average Bonchev–Trinajstić information content (AvgIpc) is 3.18. The molecule has 0 spiro atoms. The minimum Gasteiger partial charge on any atom is -0.459 e. The molecule has 6 heteroatoms. The van der Waals surface area contributed by atoms with Gasteiger partial charge in [0, 0.05) is 5.69 Å². The molecule has 2 amide bonds. The molecular formula is C20H26N3O3+. The maximum atomic E-state index is 12.5. The highest BCUT2D eigenvalue weighted by Crippen LogP contribution is 2.20. The first-order valence-electron chi connectivity index (χ1n) is 9.13. The van der Waals surface area contributed by atoms with Gasteiger partial charge in [-0.2, -0.15) is 0 Å². The standard InChI is InChI=1S/C20H25N3O3/c1-3-16-7-4-6-15(2)19(16)21-18(24)14-22-9-11-23(12-10-22)20(25)17-8-5-13-26-17/h4-8,13H,3,9-12,14H2,1-2H3,(H,21,24)/p+1. The summed E-state index contributed by atoms with van der Waals surface area (Å²) >= 11 is 0.